The number of carbonyl (C=O) groups excluding carboxylic acids is 1. The lowest BCUT2D eigenvalue weighted by Gasteiger charge is -2.31. The van der Waals surface area contributed by atoms with E-state index in [4.69, 9.17) is 0 Å². The van der Waals surface area contributed by atoms with Gasteiger partial charge in [-0.1, -0.05) is 0 Å². The van der Waals surface area contributed by atoms with Crippen molar-refractivity contribution in [3.05, 3.63) is 0 Å². The molecular formula is C11H19N2O. The summed E-state index contributed by atoms with van der Waals surface area (Å²) in [6.45, 7) is 3.70. The molecule has 79 valence electrons. The summed E-state index contributed by atoms with van der Waals surface area (Å²) in [5.41, 5.74) is 0. The summed E-state index contributed by atoms with van der Waals surface area (Å²) in [5.74, 6) is 0.579. The topological polar surface area (TPSA) is 34.4 Å². The van der Waals surface area contributed by atoms with Gasteiger partial charge in [-0.05, 0) is 32.1 Å². The highest BCUT2D eigenvalue weighted by molar-refractivity contribution is 5.79. The van der Waals surface area contributed by atoms with Gasteiger partial charge >= 0.3 is 0 Å². The molecule has 1 atom stereocenters. The molecule has 0 bridgehead atoms. The zero-order valence-corrected chi connectivity index (χ0v) is 8.74. The van der Waals surface area contributed by atoms with Crippen molar-refractivity contribution in [3.8, 4) is 0 Å². The van der Waals surface area contributed by atoms with Gasteiger partial charge in [0.05, 0.1) is 5.92 Å². The molecule has 3 heteroatoms. The highest BCUT2D eigenvalue weighted by Gasteiger charge is 2.26. The average Bonchev–Trinajstić information content (AvgIpc) is 2.30. The van der Waals surface area contributed by atoms with E-state index in [2.05, 4.69) is 10.2 Å². The fourth-order valence-electron chi connectivity index (χ4n) is 2.36. The highest BCUT2D eigenvalue weighted by Crippen LogP contribution is 2.17. The summed E-state index contributed by atoms with van der Waals surface area (Å²) in [6, 6.07) is 0. The Hall–Kier alpha value is -0.570. The standard InChI is InChI=1S/C11H19N2O/c14-11(10-5-4-6-12-9-10)13-7-2-1-3-8-13/h10H,1-9H2. The molecule has 0 aromatic carbocycles. The summed E-state index contributed by atoms with van der Waals surface area (Å²) < 4.78 is 0. The first-order valence-electron chi connectivity index (χ1n) is 5.80. The predicted molar refractivity (Wildman–Crippen MR) is 55.0 cm³/mol. The Morgan fingerprint density at radius 1 is 1.14 bits per heavy atom. The molecule has 0 aromatic heterocycles. The molecule has 0 aromatic rings. The Morgan fingerprint density at radius 2 is 1.93 bits per heavy atom. The largest absolute Gasteiger partial charge is 0.342 e. The fraction of sp³-hybridized carbons (Fsp3) is 0.909. The van der Waals surface area contributed by atoms with E-state index in [0.717, 1.165) is 39.0 Å². The zero-order valence-electron chi connectivity index (χ0n) is 8.74. The number of likely N-dealkylation sites (tertiary alicyclic amines) is 1. The van der Waals surface area contributed by atoms with Crippen LogP contribution in [0.15, 0.2) is 0 Å². The second-order valence-corrected chi connectivity index (χ2v) is 4.35. The molecule has 2 aliphatic heterocycles. The van der Waals surface area contributed by atoms with Crippen LogP contribution in [-0.2, 0) is 4.79 Å². The van der Waals surface area contributed by atoms with Crippen LogP contribution in [-0.4, -0.2) is 37.0 Å². The molecular weight excluding hydrogens is 176 g/mol. The molecule has 1 amide bonds. The van der Waals surface area contributed by atoms with Gasteiger partial charge < -0.3 is 4.90 Å². The van der Waals surface area contributed by atoms with E-state index in [9.17, 15) is 4.79 Å². The average molecular weight is 195 g/mol. The minimum absolute atomic E-state index is 0.210. The number of hydrogen-bond donors (Lipinski definition) is 0. The van der Waals surface area contributed by atoms with E-state index in [1.165, 1.54) is 19.3 Å². The van der Waals surface area contributed by atoms with Gasteiger partial charge in [0.15, 0.2) is 0 Å². The van der Waals surface area contributed by atoms with Crippen LogP contribution in [0.3, 0.4) is 0 Å². The predicted octanol–water partition coefficient (Wildman–Crippen LogP) is 1.01. The molecule has 0 N–H and O–H groups in total. The van der Waals surface area contributed by atoms with Crippen molar-refractivity contribution in [3.63, 3.8) is 0 Å². The van der Waals surface area contributed by atoms with Gasteiger partial charge in [-0.3, -0.25) is 4.79 Å². The van der Waals surface area contributed by atoms with Crippen molar-refractivity contribution >= 4 is 5.91 Å². The quantitative estimate of drug-likeness (QED) is 0.615. The highest BCUT2D eigenvalue weighted by atomic mass is 16.2. The molecule has 0 aliphatic carbocycles. The molecule has 2 heterocycles. The van der Waals surface area contributed by atoms with Crippen LogP contribution in [0.1, 0.15) is 32.1 Å². The lowest BCUT2D eigenvalue weighted by Crippen LogP contribution is -2.43. The van der Waals surface area contributed by atoms with E-state index >= 15 is 0 Å². The summed E-state index contributed by atoms with van der Waals surface area (Å²) in [5, 5.41) is 4.33. The van der Waals surface area contributed by atoms with Gasteiger partial charge in [-0.25, -0.2) is 5.32 Å². The summed E-state index contributed by atoms with van der Waals surface area (Å²) >= 11 is 0. The maximum Gasteiger partial charge on any atom is 0.227 e. The molecule has 1 unspecified atom stereocenters. The summed E-state index contributed by atoms with van der Waals surface area (Å²) in [4.78, 5) is 14.1. The molecule has 3 nitrogen and oxygen atoms in total. The summed E-state index contributed by atoms with van der Waals surface area (Å²) in [6.07, 6.45) is 5.83. The minimum atomic E-state index is 0.210. The molecule has 2 rings (SSSR count). The Kier molecular flexibility index (Phi) is 3.40. The first kappa shape index (κ1) is 9.97. The van der Waals surface area contributed by atoms with E-state index < -0.39 is 0 Å². The molecule has 0 saturated carbocycles. The van der Waals surface area contributed by atoms with Crippen molar-refractivity contribution in [2.45, 2.75) is 32.1 Å². The molecule has 2 saturated heterocycles. The normalized spacial score (nSPS) is 28.9. The van der Waals surface area contributed by atoms with E-state index in [-0.39, 0.29) is 5.92 Å². The molecule has 0 spiro atoms. The maximum absolute atomic E-state index is 12.0. The van der Waals surface area contributed by atoms with E-state index in [1.54, 1.807) is 0 Å². The molecule has 14 heavy (non-hydrogen) atoms. The smallest absolute Gasteiger partial charge is 0.227 e. The Morgan fingerprint density at radius 3 is 2.57 bits per heavy atom. The van der Waals surface area contributed by atoms with Crippen molar-refractivity contribution in [1.29, 1.82) is 0 Å². The number of rotatable bonds is 1. The second-order valence-electron chi connectivity index (χ2n) is 4.35. The number of nitrogens with zero attached hydrogens (tertiary/aromatic N) is 2. The van der Waals surface area contributed by atoms with Crippen LogP contribution in [0.25, 0.3) is 0 Å². The van der Waals surface area contributed by atoms with Crippen molar-refractivity contribution < 1.29 is 4.79 Å². The molecule has 1 radical (unpaired) electrons. The summed E-state index contributed by atoms with van der Waals surface area (Å²) in [7, 11) is 0. The second kappa shape index (κ2) is 4.78. The minimum Gasteiger partial charge on any atom is -0.342 e. The van der Waals surface area contributed by atoms with Crippen LogP contribution in [0.5, 0.6) is 0 Å². The Labute approximate surface area is 85.8 Å². The van der Waals surface area contributed by atoms with Gasteiger partial charge in [-0.2, -0.15) is 0 Å². The van der Waals surface area contributed by atoms with Crippen LogP contribution in [0, 0.1) is 5.92 Å². The zero-order chi connectivity index (χ0) is 9.80. The third-order valence-electron chi connectivity index (χ3n) is 3.24. The number of amides is 1. The van der Waals surface area contributed by atoms with Gasteiger partial charge in [0.1, 0.15) is 0 Å². The Bertz CT molecular complexity index is 173. The lowest BCUT2D eigenvalue weighted by molar-refractivity contribution is -0.137. The van der Waals surface area contributed by atoms with Crippen LogP contribution in [0.4, 0.5) is 0 Å². The third kappa shape index (κ3) is 2.27. The van der Waals surface area contributed by atoms with E-state index in [1.807, 2.05) is 0 Å². The third-order valence-corrected chi connectivity index (χ3v) is 3.24. The SMILES string of the molecule is O=C(C1CCC[N]C1)N1CCCCC1. The maximum atomic E-state index is 12.0. The first-order chi connectivity index (χ1) is 6.88. The van der Waals surface area contributed by atoms with Crippen molar-refractivity contribution in [2.75, 3.05) is 26.2 Å². The molecule has 2 aliphatic rings. The van der Waals surface area contributed by atoms with Crippen molar-refractivity contribution in [1.82, 2.24) is 10.2 Å². The fourth-order valence-corrected chi connectivity index (χ4v) is 2.36. The van der Waals surface area contributed by atoms with Crippen molar-refractivity contribution in [2.24, 2.45) is 5.92 Å². The first-order valence-corrected chi connectivity index (χ1v) is 5.80. The number of carbonyl (C=O) groups is 1. The van der Waals surface area contributed by atoms with Crippen LogP contribution < -0.4 is 5.32 Å². The van der Waals surface area contributed by atoms with Crippen LogP contribution >= 0.6 is 0 Å². The monoisotopic (exact) mass is 195 g/mol. The number of hydrogen-bond acceptors (Lipinski definition) is 1. The van der Waals surface area contributed by atoms with Gasteiger partial charge in [0.25, 0.3) is 0 Å². The van der Waals surface area contributed by atoms with E-state index in [0.29, 0.717) is 5.91 Å². The Balaban J connectivity index is 1.85. The lowest BCUT2D eigenvalue weighted by atomic mass is 9.97. The molecule has 2 fully saturated rings. The van der Waals surface area contributed by atoms with Gasteiger partial charge in [0.2, 0.25) is 5.91 Å². The van der Waals surface area contributed by atoms with Gasteiger partial charge in [0, 0.05) is 26.2 Å². The number of piperidine rings is 2. The van der Waals surface area contributed by atoms with Crippen LogP contribution in [0.2, 0.25) is 0 Å². The van der Waals surface area contributed by atoms with Gasteiger partial charge in [-0.15, -0.1) is 0 Å².